The minimum absolute atomic E-state index is 0.290. The van der Waals surface area contributed by atoms with Crippen molar-refractivity contribution in [1.29, 1.82) is 0 Å². The van der Waals surface area contributed by atoms with Gasteiger partial charge in [-0.05, 0) is 35.9 Å². The molecule has 0 bridgehead atoms. The van der Waals surface area contributed by atoms with E-state index < -0.39 is 12.1 Å². The summed E-state index contributed by atoms with van der Waals surface area (Å²) < 4.78 is 5.66. The van der Waals surface area contributed by atoms with E-state index in [1.165, 1.54) is 0 Å². The van der Waals surface area contributed by atoms with Gasteiger partial charge in [0.15, 0.2) is 0 Å². The summed E-state index contributed by atoms with van der Waals surface area (Å²) >= 11 is 0. The molecule has 2 aromatic rings. The number of rotatable bonds is 1. The maximum absolute atomic E-state index is 11.1. The molecule has 3 nitrogen and oxygen atoms in total. The molecule has 0 aliphatic carbocycles. The van der Waals surface area contributed by atoms with Crippen molar-refractivity contribution in [3.05, 3.63) is 47.5 Å². The SMILES string of the molecule is CC1Oc2cc3ccccc3cc2C=C1C(=O)O. The molecule has 0 saturated carbocycles. The average molecular weight is 240 g/mol. The largest absolute Gasteiger partial charge is 0.485 e. The van der Waals surface area contributed by atoms with Crippen molar-refractivity contribution < 1.29 is 14.6 Å². The summed E-state index contributed by atoms with van der Waals surface area (Å²) in [5.41, 5.74) is 1.11. The van der Waals surface area contributed by atoms with Crippen LogP contribution >= 0.6 is 0 Å². The van der Waals surface area contributed by atoms with Crippen LogP contribution in [-0.2, 0) is 4.79 Å². The lowest BCUT2D eigenvalue weighted by molar-refractivity contribution is -0.133. The highest BCUT2D eigenvalue weighted by molar-refractivity contribution is 5.96. The highest BCUT2D eigenvalue weighted by Crippen LogP contribution is 2.33. The zero-order valence-corrected chi connectivity index (χ0v) is 9.88. The molecule has 0 aromatic heterocycles. The molecule has 1 N–H and O–H groups in total. The number of aliphatic carboxylic acids is 1. The van der Waals surface area contributed by atoms with Crippen molar-refractivity contribution in [3.63, 3.8) is 0 Å². The van der Waals surface area contributed by atoms with Crippen LogP contribution in [0.2, 0.25) is 0 Å². The van der Waals surface area contributed by atoms with Gasteiger partial charge in [-0.15, -0.1) is 0 Å². The van der Waals surface area contributed by atoms with E-state index in [0.29, 0.717) is 0 Å². The zero-order chi connectivity index (χ0) is 12.7. The molecule has 0 radical (unpaired) electrons. The zero-order valence-electron chi connectivity index (χ0n) is 9.88. The molecule has 1 heterocycles. The second-order valence-electron chi connectivity index (χ2n) is 4.40. The summed E-state index contributed by atoms with van der Waals surface area (Å²) in [4.78, 5) is 11.1. The van der Waals surface area contributed by atoms with Crippen LogP contribution in [0.3, 0.4) is 0 Å². The average Bonchev–Trinajstić information content (AvgIpc) is 2.35. The quantitative estimate of drug-likeness (QED) is 0.833. The third-order valence-corrected chi connectivity index (χ3v) is 3.18. The first kappa shape index (κ1) is 10.8. The molecular weight excluding hydrogens is 228 g/mol. The van der Waals surface area contributed by atoms with Crippen molar-refractivity contribution in [3.8, 4) is 5.75 Å². The number of hydrogen-bond acceptors (Lipinski definition) is 2. The fourth-order valence-electron chi connectivity index (χ4n) is 2.23. The lowest BCUT2D eigenvalue weighted by Gasteiger charge is -2.22. The second kappa shape index (κ2) is 3.88. The number of carbonyl (C=O) groups is 1. The lowest BCUT2D eigenvalue weighted by atomic mass is 9.99. The number of benzene rings is 2. The van der Waals surface area contributed by atoms with Crippen LogP contribution in [0.25, 0.3) is 16.8 Å². The Morgan fingerprint density at radius 1 is 1.22 bits per heavy atom. The third-order valence-electron chi connectivity index (χ3n) is 3.18. The monoisotopic (exact) mass is 240 g/mol. The highest BCUT2D eigenvalue weighted by Gasteiger charge is 2.23. The fraction of sp³-hybridized carbons (Fsp3) is 0.133. The second-order valence-corrected chi connectivity index (χ2v) is 4.40. The van der Waals surface area contributed by atoms with Crippen LogP contribution in [0.5, 0.6) is 5.75 Å². The van der Waals surface area contributed by atoms with Gasteiger partial charge < -0.3 is 9.84 Å². The van der Waals surface area contributed by atoms with Crippen molar-refractivity contribution in [1.82, 2.24) is 0 Å². The molecule has 1 aliphatic rings. The lowest BCUT2D eigenvalue weighted by Crippen LogP contribution is -2.23. The normalized spacial score (nSPS) is 17.8. The molecular formula is C15H12O3. The molecule has 0 fully saturated rings. The van der Waals surface area contributed by atoms with Gasteiger partial charge in [-0.25, -0.2) is 4.79 Å². The predicted molar refractivity (Wildman–Crippen MR) is 69.7 cm³/mol. The van der Waals surface area contributed by atoms with Crippen LogP contribution in [0.4, 0.5) is 0 Å². The summed E-state index contributed by atoms with van der Waals surface area (Å²) in [6.07, 6.45) is 1.27. The van der Waals surface area contributed by atoms with Gasteiger partial charge in [-0.2, -0.15) is 0 Å². The van der Waals surface area contributed by atoms with Gasteiger partial charge in [0.1, 0.15) is 11.9 Å². The van der Waals surface area contributed by atoms with Gasteiger partial charge in [0, 0.05) is 5.56 Å². The molecule has 90 valence electrons. The summed E-state index contributed by atoms with van der Waals surface area (Å²) in [7, 11) is 0. The third kappa shape index (κ3) is 1.64. The Morgan fingerprint density at radius 2 is 1.89 bits per heavy atom. The van der Waals surface area contributed by atoms with E-state index in [1.54, 1.807) is 13.0 Å². The summed E-state index contributed by atoms with van der Waals surface area (Å²) in [5.74, 6) is -0.187. The molecule has 2 aromatic carbocycles. The van der Waals surface area contributed by atoms with Crippen molar-refractivity contribution >= 4 is 22.8 Å². The Balaban J connectivity index is 2.22. The van der Waals surface area contributed by atoms with Gasteiger partial charge in [-0.1, -0.05) is 24.3 Å². The number of carboxylic acids is 1. The molecule has 1 aliphatic heterocycles. The number of ether oxygens (including phenoxy) is 1. The Kier molecular flexibility index (Phi) is 2.33. The van der Waals surface area contributed by atoms with Gasteiger partial charge in [0.05, 0.1) is 5.57 Å². The smallest absolute Gasteiger partial charge is 0.335 e. The van der Waals surface area contributed by atoms with Crippen LogP contribution < -0.4 is 4.74 Å². The van der Waals surface area contributed by atoms with E-state index in [-0.39, 0.29) is 5.57 Å². The van der Waals surface area contributed by atoms with E-state index in [2.05, 4.69) is 0 Å². The van der Waals surface area contributed by atoms with E-state index in [0.717, 1.165) is 22.1 Å². The van der Waals surface area contributed by atoms with Crippen LogP contribution in [0.15, 0.2) is 42.0 Å². The van der Waals surface area contributed by atoms with Crippen molar-refractivity contribution in [2.45, 2.75) is 13.0 Å². The minimum atomic E-state index is -0.929. The molecule has 0 amide bonds. The van der Waals surface area contributed by atoms with Gasteiger partial charge in [-0.3, -0.25) is 0 Å². The molecule has 1 atom stereocenters. The first-order valence-corrected chi connectivity index (χ1v) is 5.79. The number of fused-ring (bicyclic) bond motifs is 2. The molecule has 1 unspecified atom stereocenters. The first-order valence-electron chi connectivity index (χ1n) is 5.79. The fourth-order valence-corrected chi connectivity index (χ4v) is 2.23. The predicted octanol–water partition coefficient (Wildman–Crippen LogP) is 3.09. The Morgan fingerprint density at radius 3 is 2.56 bits per heavy atom. The van der Waals surface area contributed by atoms with Crippen LogP contribution in [0.1, 0.15) is 12.5 Å². The van der Waals surface area contributed by atoms with E-state index in [4.69, 9.17) is 9.84 Å². The Hall–Kier alpha value is -2.29. The topological polar surface area (TPSA) is 46.5 Å². The summed E-state index contributed by atoms with van der Waals surface area (Å²) in [5, 5.41) is 11.3. The number of hydrogen-bond donors (Lipinski definition) is 1. The Bertz CT molecular complexity index is 670. The van der Waals surface area contributed by atoms with Crippen molar-refractivity contribution in [2.24, 2.45) is 0 Å². The summed E-state index contributed by atoms with van der Waals surface area (Å²) in [6.45, 7) is 1.75. The maximum Gasteiger partial charge on any atom is 0.335 e. The van der Waals surface area contributed by atoms with E-state index in [9.17, 15) is 4.79 Å². The van der Waals surface area contributed by atoms with Gasteiger partial charge in [0.25, 0.3) is 0 Å². The Labute approximate surface area is 104 Å². The van der Waals surface area contributed by atoms with E-state index >= 15 is 0 Å². The summed E-state index contributed by atoms with van der Waals surface area (Å²) in [6, 6.07) is 11.9. The van der Waals surface area contributed by atoms with Crippen LogP contribution in [0, 0.1) is 0 Å². The van der Waals surface area contributed by atoms with Gasteiger partial charge in [0.2, 0.25) is 0 Å². The van der Waals surface area contributed by atoms with E-state index in [1.807, 2.05) is 36.4 Å². The maximum atomic E-state index is 11.1. The molecule has 18 heavy (non-hydrogen) atoms. The number of carboxylic acid groups (broad SMARTS) is 1. The molecule has 3 heteroatoms. The van der Waals surface area contributed by atoms with Crippen LogP contribution in [-0.4, -0.2) is 17.2 Å². The molecule has 0 saturated heterocycles. The molecule has 3 rings (SSSR count). The highest BCUT2D eigenvalue weighted by atomic mass is 16.5. The first-order chi connectivity index (χ1) is 8.65. The minimum Gasteiger partial charge on any atom is -0.485 e. The standard InChI is InChI=1S/C15H12O3/c1-9-13(15(16)17)7-12-6-10-4-2-3-5-11(10)8-14(12)18-9/h2-9H,1H3,(H,16,17). The van der Waals surface area contributed by atoms with Gasteiger partial charge >= 0.3 is 5.97 Å². The molecule has 0 spiro atoms. The van der Waals surface area contributed by atoms with Crippen molar-refractivity contribution in [2.75, 3.05) is 0 Å².